The van der Waals surface area contributed by atoms with Gasteiger partial charge in [0, 0.05) is 11.4 Å². The van der Waals surface area contributed by atoms with Crippen molar-refractivity contribution < 1.29 is 8.83 Å². The molecule has 0 aliphatic rings. The minimum atomic E-state index is 0.418. The molecule has 6 nitrogen and oxygen atoms in total. The molecule has 3 rings (SSSR count). The zero-order valence-electron chi connectivity index (χ0n) is 11.9. The zero-order chi connectivity index (χ0) is 14.7. The van der Waals surface area contributed by atoms with Crippen LogP contribution in [0.2, 0.25) is 0 Å². The highest BCUT2D eigenvalue weighted by atomic mass is 32.1. The molecule has 0 amide bonds. The summed E-state index contributed by atoms with van der Waals surface area (Å²) >= 11 is 1.70. The summed E-state index contributed by atoms with van der Waals surface area (Å²) in [6.07, 6.45) is 2.56. The Hall–Kier alpha value is -1.99. The minimum absolute atomic E-state index is 0.418. The highest BCUT2D eigenvalue weighted by Crippen LogP contribution is 2.18. The topological polar surface area (TPSA) is 68.2 Å². The first-order valence-electron chi connectivity index (χ1n) is 6.66. The molecule has 7 heteroatoms. The quantitative estimate of drug-likeness (QED) is 0.697. The molecule has 0 aliphatic carbocycles. The Balaban J connectivity index is 1.55. The van der Waals surface area contributed by atoms with E-state index in [1.54, 1.807) is 29.7 Å². The van der Waals surface area contributed by atoms with Crippen LogP contribution in [0, 0.1) is 6.92 Å². The van der Waals surface area contributed by atoms with Gasteiger partial charge in [0.1, 0.15) is 0 Å². The van der Waals surface area contributed by atoms with Crippen LogP contribution in [-0.4, -0.2) is 33.7 Å². The fraction of sp³-hybridized carbons (Fsp3) is 0.357. The van der Waals surface area contributed by atoms with E-state index in [1.807, 2.05) is 19.5 Å². The summed E-state index contributed by atoms with van der Waals surface area (Å²) in [7, 11) is 2.03. The normalized spacial score (nSPS) is 11.4. The van der Waals surface area contributed by atoms with Gasteiger partial charge in [-0.25, -0.2) is 4.98 Å². The molecule has 0 spiro atoms. The molecular weight excluding hydrogens is 288 g/mol. The van der Waals surface area contributed by atoms with Crippen LogP contribution in [0.5, 0.6) is 0 Å². The van der Waals surface area contributed by atoms with Gasteiger partial charge in [0.05, 0.1) is 24.0 Å². The van der Waals surface area contributed by atoms with Crippen LogP contribution in [0.15, 0.2) is 32.7 Å². The van der Waals surface area contributed by atoms with Crippen molar-refractivity contribution in [1.29, 1.82) is 0 Å². The Morgan fingerprint density at radius 3 is 2.95 bits per heavy atom. The molecular formula is C14H16N4O2S. The summed E-state index contributed by atoms with van der Waals surface area (Å²) in [4.78, 5) is 7.73. The minimum Gasteiger partial charge on any atom is -0.459 e. The maximum atomic E-state index is 5.59. The number of hydrogen-bond acceptors (Lipinski definition) is 7. The predicted molar refractivity (Wildman–Crippen MR) is 78.9 cm³/mol. The van der Waals surface area contributed by atoms with Crippen molar-refractivity contribution in [3.05, 3.63) is 40.4 Å². The van der Waals surface area contributed by atoms with Gasteiger partial charge in [-0.1, -0.05) is 0 Å². The molecule has 0 aromatic carbocycles. The third-order valence-electron chi connectivity index (χ3n) is 3.17. The number of thiazole rings is 1. The van der Waals surface area contributed by atoms with E-state index >= 15 is 0 Å². The van der Waals surface area contributed by atoms with E-state index in [1.165, 1.54) is 4.88 Å². The van der Waals surface area contributed by atoms with Crippen molar-refractivity contribution in [3.63, 3.8) is 0 Å². The molecule has 0 aliphatic heterocycles. The predicted octanol–water partition coefficient (Wildman–Crippen LogP) is 2.77. The molecule has 0 unspecified atom stereocenters. The fourth-order valence-electron chi connectivity index (χ4n) is 1.99. The second kappa shape index (κ2) is 6.19. The van der Waals surface area contributed by atoms with E-state index in [9.17, 15) is 0 Å². The maximum absolute atomic E-state index is 5.59. The van der Waals surface area contributed by atoms with Crippen LogP contribution in [-0.2, 0) is 13.0 Å². The molecule has 0 bridgehead atoms. The van der Waals surface area contributed by atoms with Crippen molar-refractivity contribution in [2.24, 2.45) is 0 Å². The van der Waals surface area contributed by atoms with Gasteiger partial charge >= 0.3 is 0 Å². The van der Waals surface area contributed by atoms with Crippen molar-refractivity contribution in [1.82, 2.24) is 20.1 Å². The van der Waals surface area contributed by atoms with Crippen LogP contribution in [0.1, 0.15) is 16.5 Å². The third-order valence-corrected chi connectivity index (χ3v) is 4.16. The SMILES string of the molecule is Cc1ncsc1CCN(C)Cc1nnc(-c2ccco2)o1. The largest absolute Gasteiger partial charge is 0.459 e. The van der Waals surface area contributed by atoms with Gasteiger partial charge in [-0.15, -0.1) is 21.5 Å². The number of likely N-dealkylation sites (N-methyl/N-ethyl adjacent to an activating group) is 1. The smallest absolute Gasteiger partial charge is 0.283 e. The van der Waals surface area contributed by atoms with Crippen LogP contribution >= 0.6 is 11.3 Å². The first-order chi connectivity index (χ1) is 10.2. The number of aromatic nitrogens is 3. The Labute approximate surface area is 126 Å². The van der Waals surface area contributed by atoms with Crippen LogP contribution < -0.4 is 0 Å². The summed E-state index contributed by atoms with van der Waals surface area (Å²) in [6.45, 7) is 3.58. The first kappa shape index (κ1) is 14.0. The van der Waals surface area contributed by atoms with Crippen molar-refractivity contribution in [2.75, 3.05) is 13.6 Å². The third kappa shape index (κ3) is 3.37. The number of rotatable bonds is 6. The van der Waals surface area contributed by atoms with Gasteiger partial charge in [-0.05, 0) is 32.5 Å². The summed E-state index contributed by atoms with van der Waals surface area (Å²) in [5.74, 6) is 1.60. The molecule has 3 heterocycles. The molecule has 0 radical (unpaired) electrons. The standard InChI is InChI=1S/C14H16N4O2S/c1-10-12(21-9-15-10)5-6-18(2)8-13-16-17-14(20-13)11-4-3-7-19-11/h3-4,7,9H,5-6,8H2,1-2H3. The van der Waals surface area contributed by atoms with Crippen molar-refractivity contribution in [2.45, 2.75) is 19.9 Å². The monoisotopic (exact) mass is 304 g/mol. The van der Waals surface area contributed by atoms with Gasteiger partial charge in [0.15, 0.2) is 5.76 Å². The van der Waals surface area contributed by atoms with Crippen LogP contribution in [0.3, 0.4) is 0 Å². The average molecular weight is 304 g/mol. The summed E-state index contributed by atoms with van der Waals surface area (Å²) < 4.78 is 10.8. The molecule has 3 aromatic rings. The number of aryl methyl sites for hydroxylation is 1. The maximum Gasteiger partial charge on any atom is 0.283 e. The molecule has 0 atom stereocenters. The van der Waals surface area contributed by atoms with E-state index < -0.39 is 0 Å². The lowest BCUT2D eigenvalue weighted by molar-refractivity contribution is 0.293. The molecule has 110 valence electrons. The van der Waals surface area contributed by atoms with Gasteiger partial charge in [0.25, 0.3) is 5.89 Å². The summed E-state index contributed by atoms with van der Waals surface area (Å²) in [6, 6.07) is 3.59. The second-order valence-corrected chi connectivity index (χ2v) is 5.77. The number of hydrogen-bond donors (Lipinski definition) is 0. The summed E-state index contributed by atoms with van der Waals surface area (Å²) in [5, 5.41) is 8.04. The van der Waals surface area contributed by atoms with Gasteiger partial charge in [0.2, 0.25) is 5.89 Å². The first-order valence-corrected chi connectivity index (χ1v) is 7.54. The van der Waals surface area contributed by atoms with Crippen molar-refractivity contribution in [3.8, 4) is 11.7 Å². The highest BCUT2D eigenvalue weighted by Gasteiger charge is 2.12. The van der Waals surface area contributed by atoms with E-state index in [0.717, 1.165) is 18.7 Å². The van der Waals surface area contributed by atoms with Crippen LogP contribution in [0.25, 0.3) is 11.7 Å². The Kier molecular flexibility index (Phi) is 4.12. The zero-order valence-corrected chi connectivity index (χ0v) is 12.8. The lowest BCUT2D eigenvalue weighted by Gasteiger charge is -2.13. The van der Waals surface area contributed by atoms with Gasteiger partial charge in [-0.2, -0.15) is 0 Å². The molecule has 0 saturated carbocycles. The Morgan fingerprint density at radius 1 is 1.33 bits per heavy atom. The Morgan fingerprint density at radius 2 is 2.24 bits per heavy atom. The average Bonchev–Trinajstić information content (AvgIpc) is 3.17. The molecule has 0 saturated heterocycles. The lowest BCUT2D eigenvalue weighted by atomic mass is 10.3. The van der Waals surface area contributed by atoms with E-state index in [4.69, 9.17) is 8.83 Å². The fourth-order valence-corrected chi connectivity index (χ4v) is 2.76. The van der Waals surface area contributed by atoms with E-state index in [-0.39, 0.29) is 0 Å². The molecule has 0 fully saturated rings. The molecule has 21 heavy (non-hydrogen) atoms. The molecule has 0 N–H and O–H groups in total. The second-order valence-electron chi connectivity index (χ2n) is 4.83. The number of nitrogens with zero attached hydrogens (tertiary/aromatic N) is 4. The van der Waals surface area contributed by atoms with Gasteiger partial charge < -0.3 is 8.83 Å². The van der Waals surface area contributed by atoms with E-state index in [2.05, 4.69) is 20.1 Å². The number of furan rings is 1. The summed E-state index contributed by atoms with van der Waals surface area (Å²) in [5.41, 5.74) is 3.00. The van der Waals surface area contributed by atoms with Crippen molar-refractivity contribution >= 4 is 11.3 Å². The van der Waals surface area contributed by atoms with Gasteiger partial charge in [-0.3, -0.25) is 4.90 Å². The van der Waals surface area contributed by atoms with Crippen LogP contribution in [0.4, 0.5) is 0 Å². The lowest BCUT2D eigenvalue weighted by Crippen LogP contribution is -2.20. The molecule has 3 aromatic heterocycles. The highest BCUT2D eigenvalue weighted by molar-refractivity contribution is 7.09. The Bertz CT molecular complexity index is 689. The van der Waals surface area contributed by atoms with E-state index in [0.29, 0.717) is 24.1 Å².